The van der Waals surface area contributed by atoms with E-state index in [4.69, 9.17) is 4.74 Å². The summed E-state index contributed by atoms with van der Waals surface area (Å²) in [6, 6.07) is 23.7. The maximum Gasteiger partial charge on any atom is 0.243 e. The van der Waals surface area contributed by atoms with Crippen molar-refractivity contribution in [3.63, 3.8) is 0 Å². The molecule has 0 aromatic heterocycles. The van der Waals surface area contributed by atoms with Gasteiger partial charge in [-0.2, -0.15) is 0 Å². The Labute approximate surface area is 257 Å². The van der Waals surface area contributed by atoms with Gasteiger partial charge in [-0.05, 0) is 69.0 Å². The van der Waals surface area contributed by atoms with Crippen LogP contribution in [-0.4, -0.2) is 56.6 Å². The van der Waals surface area contributed by atoms with Gasteiger partial charge in [0.15, 0.2) is 0 Å². The molecule has 0 unspecified atom stereocenters. The van der Waals surface area contributed by atoms with Crippen LogP contribution in [0.3, 0.4) is 0 Å². The Morgan fingerprint density at radius 1 is 0.907 bits per heavy atom. The van der Waals surface area contributed by atoms with Crippen LogP contribution in [0.25, 0.3) is 0 Å². The van der Waals surface area contributed by atoms with Gasteiger partial charge in [0.2, 0.25) is 21.8 Å². The molecule has 43 heavy (non-hydrogen) atoms. The van der Waals surface area contributed by atoms with Gasteiger partial charge >= 0.3 is 0 Å². The number of amides is 2. The van der Waals surface area contributed by atoms with E-state index in [0.717, 1.165) is 29.4 Å². The van der Waals surface area contributed by atoms with E-state index in [1.54, 1.807) is 29.2 Å². The van der Waals surface area contributed by atoms with Crippen molar-refractivity contribution in [2.75, 3.05) is 23.7 Å². The highest BCUT2D eigenvalue weighted by Gasteiger charge is 2.31. The zero-order valence-electron chi connectivity index (χ0n) is 26.0. The van der Waals surface area contributed by atoms with Crippen molar-refractivity contribution in [1.29, 1.82) is 0 Å². The minimum atomic E-state index is -3.60. The quantitative estimate of drug-likeness (QED) is 0.232. The summed E-state index contributed by atoms with van der Waals surface area (Å²) in [6.45, 7) is 8.74. The number of nitrogens with one attached hydrogen (secondary N) is 1. The first-order valence-electron chi connectivity index (χ1n) is 14.9. The Hall–Kier alpha value is -3.85. The molecule has 3 aromatic rings. The number of aryl methyl sites for hydroxylation is 1. The molecule has 0 heterocycles. The van der Waals surface area contributed by atoms with Crippen molar-refractivity contribution in [3.05, 3.63) is 95.6 Å². The van der Waals surface area contributed by atoms with Gasteiger partial charge in [0.05, 0.1) is 18.6 Å². The van der Waals surface area contributed by atoms with Gasteiger partial charge in [0.1, 0.15) is 11.8 Å². The lowest BCUT2D eigenvalue weighted by atomic mass is 10.0. The smallest absolute Gasteiger partial charge is 0.243 e. The van der Waals surface area contributed by atoms with E-state index in [1.165, 1.54) is 4.31 Å². The first-order valence-corrected chi connectivity index (χ1v) is 16.8. The first-order chi connectivity index (χ1) is 20.5. The molecule has 3 aromatic carbocycles. The van der Waals surface area contributed by atoms with Crippen molar-refractivity contribution < 1.29 is 22.7 Å². The zero-order chi connectivity index (χ0) is 31.4. The molecule has 3 rings (SSSR count). The van der Waals surface area contributed by atoms with Crippen LogP contribution in [-0.2, 0) is 32.6 Å². The summed E-state index contributed by atoms with van der Waals surface area (Å²) in [5.41, 5.74) is 3.48. The van der Waals surface area contributed by atoms with Crippen molar-refractivity contribution in [3.8, 4) is 5.75 Å². The van der Waals surface area contributed by atoms with E-state index in [1.807, 2.05) is 82.3 Å². The Bertz CT molecular complexity index is 1410. The first kappa shape index (κ1) is 33.6. The van der Waals surface area contributed by atoms with Crippen LogP contribution in [0.5, 0.6) is 5.75 Å². The van der Waals surface area contributed by atoms with Crippen LogP contribution in [0.1, 0.15) is 56.7 Å². The molecule has 0 saturated heterocycles. The molecule has 0 aliphatic rings. The molecule has 1 N–H and O–H groups in total. The second-order valence-electron chi connectivity index (χ2n) is 10.9. The predicted molar refractivity (Wildman–Crippen MR) is 173 cm³/mol. The number of rotatable bonds is 16. The number of carbonyl (C=O) groups excluding carboxylic acids is 2. The van der Waals surface area contributed by atoms with E-state index >= 15 is 0 Å². The fourth-order valence-corrected chi connectivity index (χ4v) is 5.73. The summed E-state index contributed by atoms with van der Waals surface area (Å²) in [6.07, 6.45) is 2.65. The van der Waals surface area contributed by atoms with Crippen LogP contribution in [0.15, 0.2) is 78.9 Å². The number of anilines is 1. The maximum atomic E-state index is 14.0. The minimum absolute atomic E-state index is 0.0421. The highest BCUT2D eigenvalue weighted by molar-refractivity contribution is 7.92. The number of hydrogen-bond acceptors (Lipinski definition) is 5. The highest BCUT2D eigenvalue weighted by Crippen LogP contribution is 2.23. The summed E-state index contributed by atoms with van der Waals surface area (Å²) in [4.78, 5) is 29.3. The van der Waals surface area contributed by atoms with Crippen molar-refractivity contribution in [2.24, 2.45) is 0 Å². The molecule has 0 aliphatic carbocycles. The second-order valence-corrected chi connectivity index (χ2v) is 12.8. The third-order valence-corrected chi connectivity index (χ3v) is 8.53. The number of ether oxygens (including phenoxy) is 1. The Morgan fingerprint density at radius 2 is 1.56 bits per heavy atom. The lowest BCUT2D eigenvalue weighted by Gasteiger charge is -2.32. The van der Waals surface area contributed by atoms with E-state index in [2.05, 4.69) is 5.32 Å². The molecule has 2 atom stereocenters. The predicted octanol–water partition coefficient (Wildman–Crippen LogP) is 5.49. The van der Waals surface area contributed by atoms with Gasteiger partial charge in [-0.25, -0.2) is 8.42 Å². The summed E-state index contributed by atoms with van der Waals surface area (Å²) >= 11 is 0. The molecule has 232 valence electrons. The topological polar surface area (TPSA) is 96.0 Å². The molecule has 2 amide bonds. The molecule has 0 spiro atoms. The fraction of sp³-hybridized carbons (Fsp3) is 0.412. The SMILES string of the molecule is CCOc1ccc(N(CCCC(=O)N(Cc2ccc(C)cc2)[C@H](Cc2ccccc2)C(=O)N[C@@H](C)CC)S(C)(=O)=O)cc1. The molecule has 0 aliphatic heterocycles. The van der Waals surface area contributed by atoms with Gasteiger partial charge in [-0.3, -0.25) is 13.9 Å². The van der Waals surface area contributed by atoms with Gasteiger partial charge in [0.25, 0.3) is 0 Å². The van der Waals surface area contributed by atoms with Gasteiger partial charge in [-0.1, -0.05) is 67.1 Å². The minimum Gasteiger partial charge on any atom is -0.494 e. The molecule has 9 heteroatoms. The van der Waals surface area contributed by atoms with Crippen LogP contribution < -0.4 is 14.4 Å². The summed E-state index contributed by atoms with van der Waals surface area (Å²) in [5.74, 6) is 0.244. The summed E-state index contributed by atoms with van der Waals surface area (Å²) in [5, 5.41) is 3.08. The number of carbonyl (C=O) groups is 2. The van der Waals surface area contributed by atoms with Crippen molar-refractivity contribution >= 4 is 27.5 Å². The van der Waals surface area contributed by atoms with E-state index in [-0.39, 0.29) is 43.8 Å². The van der Waals surface area contributed by atoms with Crippen LogP contribution in [0.2, 0.25) is 0 Å². The van der Waals surface area contributed by atoms with E-state index < -0.39 is 16.1 Å². The Balaban J connectivity index is 1.86. The van der Waals surface area contributed by atoms with Crippen LogP contribution >= 0.6 is 0 Å². The van der Waals surface area contributed by atoms with E-state index in [9.17, 15) is 18.0 Å². The molecular formula is C34H45N3O5S. The van der Waals surface area contributed by atoms with Gasteiger partial charge in [0, 0.05) is 32.0 Å². The summed E-state index contributed by atoms with van der Waals surface area (Å²) < 4.78 is 32.2. The van der Waals surface area contributed by atoms with Crippen molar-refractivity contribution in [2.45, 2.75) is 72.0 Å². The molecule has 8 nitrogen and oxygen atoms in total. The standard InChI is InChI=1S/C34H45N3O5S/c1-6-27(4)35-34(39)32(24-28-12-9-8-10-13-28)36(25-29-17-15-26(3)16-18-29)33(38)14-11-23-37(43(5,40)41)30-19-21-31(22-20-30)42-7-2/h8-10,12-13,15-22,27,32H,6-7,11,14,23-25H2,1-5H3,(H,35,39)/t27-,32+/m0/s1. The third-order valence-electron chi connectivity index (χ3n) is 7.33. The maximum absolute atomic E-state index is 14.0. The number of nitrogens with zero attached hydrogens (tertiary/aromatic N) is 2. The van der Waals surface area contributed by atoms with Gasteiger partial charge < -0.3 is 15.0 Å². The normalized spacial score (nSPS) is 12.7. The average Bonchev–Trinajstić information content (AvgIpc) is 2.98. The number of hydrogen-bond donors (Lipinski definition) is 1. The van der Waals surface area contributed by atoms with Crippen LogP contribution in [0, 0.1) is 6.92 Å². The van der Waals surface area contributed by atoms with E-state index in [0.29, 0.717) is 24.5 Å². The Kier molecular flexibility index (Phi) is 12.6. The molecule has 0 bridgehead atoms. The zero-order valence-corrected chi connectivity index (χ0v) is 26.8. The highest BCUT2D eigenvalue weighted by atomic mass is 32.2. The Morgan fingerprint density at radius 3 is 2.14 bits per heavy atom. The van der Waals surface area contributed by atoms with Gasteiger partial charge in [-0.15, -0.1) is 0 Å². The number of benzene rings is 3. The molecule has 0 saturated carbocycles. The monoisotopic (exact) mass is 607 g/mol. The number of sulfonamides is 1. The fourth-order valence-electron chi connectivity index (χ4n) is 4.76. The van der Waals surface area contributed by atoms with Crippen LogP contribution in [0.4, 0.5) is 5.69 Å². The summed E-state index contributed by atoms with van der Waals surface area (Å²) in [7, 11) is -3.60. The molecular weight excluding hydrogens is 562 g/mol. The van der Waals surface area contributed by atoms with Crippen molar-refractivity contribution in [1.82, 2.24) is 10.2 Å². The lowest BCUT2D eigenvalue weighted by Crippen LogP contribution is -2.52. The second kappa shape index (κ2) is 16.1. The largest absolute Gasteiger partial charge is 0.494 e. The molecule has 0 fully saturated rings. The average molecular weight is 608 g/mol. The lowest BCUT2D eigenvalue weighted by molar-refractivity contribution is -0.141. The molecule has 0 radical (unpaired) electrons. The third kappa shape index (κ3) is 10.4.